The fourth-order valence-corrected chi connectivity index (χ4v) is 8.30. The van der Waals surface area contributed by atoms with Gasteiger partial charge < -0.3 is 15.0 Å². The smallest absolute Gasteiger partial charge is 0.257 e. The van der Waals surface area contributed by atoms with Crippen LogP contribution in [0, 0.1) is 19.8 Å². The molecule has 1 atom stereocenters. The number of carbonyl (C=O) groups excluding carboxylic acids is 3. The Morgan fingerprint density at radius 2 is 1.79 bits per heavy atom. The van der Waals surface area contributed by atoms with Crippen molar-refractivity contribution >= 4 is 50.9 Å². The number of nitrogens with zero attached hydrogens (tertiary/aromatic N) is 7. The molecule has 13 heteroatoms. The van der Waals surface area contributed by atoms with Crippen LogP contribution in [0.1, 0.15) is 72.2 Å². The topological polar surface area (TPSA) is 140 Å². The van der Waals surface area contributed by atoms with Crippen molar-refractivity contribution < 1.29 is 19.1 Å². The van der Waals surface area contributed by atoms with Crippen molar-refractivity contribution in [2.24, 2.45) is 5.92 Å². The molecular weight excluding hydrogens is 658 g/mol. The van der Waals surface area contributed by atoms with Gasteiger partial charge in [-0.1, -0.05) is 6.07 Å². The second-order valence-electron chi connectivity index (χ2n) is 14.6. The molecule has 3 aromatic heterocycles. The Morgan fingerprint density at radius 3 is 2.54 bits per heavy atom. The van der Waals surface area contributed by atoms with E-state index in [0.717, 1.165) is 97.2 Å². The molecule has 52 heavy (non-hydrogen) atoms. The van der Waals surface area contributed by atoms with Gasteiger partial charge in [0.1, 0.15) is 11.8 Å². The van der Waals surface area contributed by atoms with E-state index in [4.69, 9.17) is 14.9 Å². The minimum absolute atomic E-state index is 0.218. The van der Waals surface area contributed by atoms with Gasteiger partial charge in [0.05, 0.1) is 41.1 Å². The van der Waals surface area contributed by atoms with Gasteiger partial charge in [-0.25, -0.2) is 0 Å². The monoisotopic (exact) mass is 703 g/mol. The third-order valence-corrected chi connectivity index (χ3v) is 11.0. The second-order valence-corrected chi connectivity index (χ2v) is 14.6. The predicted molar refractivity (Wildman–Crippen MR) is 199 cm³/mol. The average Bonchev–Trinajstić information content (AvgIpc) is 3.72. The highest BCUT2D eigenvalue weighted by atomic mass is 16.5. The Bertz CT molecular complexity index is 2160. The summed E-state index contributed by atoms with van der Waals surface area (Å²) >= 11 is 0. The van der Waals surface area contributed by atoms with Crippen LogP contribution in [-0.4, -0.2) is 87.0 Å². The minimum Gasteiger partial charge on any atom is -0.494 e. The number of pyridine rings is 1. The van der Waals surface area contributed by atoms with E-state index in [-0.39, 0.29) is 17.7 Å². The molecule has 3 aliphatic rings. The Balaban J connectivity index is 0.869. The fourth-order valence-electron chi connectivity index (χ4n) is 8.30. The molecule has 1 saturated carbocycles. The van der Waals surface area contributed by atoms with Gasteiger partial charge in [-0.05, 0) is 81.7 Å². The van der Waals surface area contributed by atoms with Crippen molar-refractivity contribution in [1.29, 1.82) is 0 Å². The molecule has 5 heterocycles. The highest BCUT2D eigenvalue weighted by Gasteiger charge is 2.32. The number of ether oxygens (including phenoxy) is 1. The summed E-state index contributed by atoms with van der Waals surface area (Å²) in [5.41, 5.74) is 5.89. The van der Waals surface area contributed by atoms with Crippen LogP contribution in [0.4, 0.5) is 11.4 Å². The maximum Gasteiger partial charge on any atom is 0.257 e. The van der Waals surface area contributed by atoms with Gasteiger partial charge in [0, 0.05) is 80.3 Å². The van der Waals surface area contributed by atoms with Crippen LogP contribution in [0.5, 0.6) is 5.75 Å². The molecule has 0 bridgehead atoms. The molecule has 5 aromatic rings. The summed E-state index contributed by atoms with van der Waals surface area (Å²) in [6.07, 6.45) is 10.7. The summed E-state index contributed by atoms with van der Waals surface area (Å²) in [5, 5.41) is 17.2. The number of amides is 3. The van der Waals surface area contributed by atoms with E-state index < -0.39 is 6.04 Å². The lowest BCUT2D eigenvalue weighted by Crippen LogP contribution is -2.48. The molecule has 2 saturated heterocycles. The Kier molecular flexibility index (Phi) is 9.12. The zero-order chi connectivity index (χ0) is 35.9. The lowest BCUT2D eigenvalue weighted by atomic mass is 9.85. The first kappa shape index (κ1) is 33.8. The highest BCUT2D eigenvalue weighted by molar-refractivity contribution is 6.06. The second kappa shape index (κ2) is 14.0. The summed E-state index contributed by atoms with van der Waals surface area (Å²) in [4.78, 5) is 46.5. The van der Waals surface area contributed by atoms with Crippen LogP contribution >= 0.6 is 0 Å². The van der Waals surface area contributed by atoms with Crippen molar-refractivity contribution in [3.8, 4) is 5.75 Å². The molecule has 270 valence electrons. The summed E-state index contributed by atoms with van der Waals surface area (Å²) in [7, 11) is 1.60. The number of aromatic nitrogens is 5. The van der Waals surface area contributed by atoms with Crippen LogP contribution in [-0.2, 0) is 9.59 Å². The van der Waals surface area contributed by atoms with Crippen LogP contribution < -0.4 is 20.3 Å². The van der Waals surface area contributed by atoms with E-state index in [2.05, 4.69) is 42.4 Å². The van der Waals surface area contributed by atoms with Gasteiger partial charge in [-0.15, -0.1) is 0 Å². The molecule has 1 aliphatic carbocycles. The normalized spacial score (nSPS) is 21.4. The maximum absolute atomic E-state index is 12.9. The number of piperidine rings is 1. The molecule has 2 aromatic carbocycles. The van der Waals surface area contributed by atoms with Crippen molar-refractivity contribution in [1.82, 2.24) is 34.8 Å². The minimum atomic E-state index is -0.471. The Hall–Kier alpha value is -5.30. The van der Waals surface area contributed by atoms with Crippen molar-refractivity contribution in [2.75, 3.05) is 50.1 Å². The third-order valence-electron chi connectivity index (χ3n) is 11.0. The quantitative estimate of drug-likeness (QED) is 0.209. The molecule has 3 amide bonds. The molecule has 0 spiro atoms. The third kappa shape index (κ3) is 6.60. The largest absolute Gasteiger partial charge is 0.494 e. The average molecular weight is 704 g/mol. The number of nitrogens with one attached hydrogen (secondary N) is 2. The van der Waals surface area contributed by atoms with E-state index in [1.54, 1.807) is 19.5 Å². The molecular formula is C39H45N9O4. The van der Waals surface area contributed by atoms with Gasteiger partial charge in [0.15, 0.2) is 0 Å². The zero-order valence-electron chi connectivity index (χ0n) is 30.0. The number of imide groups is 1. The molecule has 3 fully saturated rings. The zero-order valence-corrected chi connectivity index (χ0v) is 30.0. The van der Waals surface area contributed by atoms with Crippen LogP contribution in [0.25, 0.3) is 21.8 Å². The SMILES string of the molecule is COc1cc2nn(C3CCC(CN4CCN(c5cccc6c5c(C)nn6C5CCC(=O)NC5=O)CC4)CC3)cc2cc1NC(=O)c1cncc(C)c1. The number of piperazine rings is 1. The number of benzene rings is 2. The molecule has 13 nitrogen and oxygen atoms in total. The van der Waals surface area contributed by atoms with Crippen LogP contribution in [0.3, 0.4) is 0 Å². The first-order valence-corrected chi connectivity index (χ1v) is 18.3. The van der Waals surface area contributed by atoms with Crippen molar-refractivity contribution in [3.05, 3.63) is 71.8 Å². The number of anilines is 2. The maximum atomic E-state index is 12.9. The Morgan fingerprint density at radius 1 is 0.981 bits per heavy atom. The molecule has 2 N–H and O–H groups in total. The summed E-state index contributed by atoms with van der Waals surface area (Å²) in [6.45, 7) is 8.90. The van der Waals surface area contributed by atoms with Gasteiger partial charge in [0.25, 0.3) is 11.8 Å². The van der Waals surface area contributed by atoms with Crippen LogP contribution in [0.15, 0.2) is 55.0 Å². The van der Waals surface area contributed by atoms with E-state index in [0.29, 0.717) is 41.8 Å². The van der Waals surface area contributed by atoms with Crippen LogP contribution in [0.2, 0.25) is 0 Å². The van der Waals surface area contributed by atoms with E-state index in [1.165, 1.54) is 0 Å². The Labute approximate surface area is 302 Å². The number of hydrogen-bond acceptors (Lipinski definition) is 9. The van der Waals surface area contributed by atoms with Gasteiger partial charge >= 0.3 is 0 Å². The molecule has 0 radical (unpaired) electrons. The van der Waals surface area contributed by atoms with Gasteiger partial charge in [0.2, 0.25) is 5.91 Å². The first-order chi connectivity index (χ1) is 25.2. The number of rotatable bonds is 8. The summed E-state index contributed by atoms with van der Waals surface area (Å²) < 4.78 is 9.55. The number of hydrogen-bond donors (Lipinski definition) is 2. The first-order valence-electron chi connectivity index (χ1n) is 18.3. The van der Waals surface area contributed by atoms with Crippen molar-refractivity contribution in [2.45, 2.75) is 64.5 Å². The lowest BCUT2D eigenvalue weighted by molar-refractivity contribution is -0.135. The number of methoxy groups -OCH3 is 1. The number of fused-ring (bicyclic) bond motifs is 2. The van der Waals surface area contributed by atoms with E-state index >= 15 is 0 Å². The number of aryl methyl sites for hydroxylation is 2. The van der Waals surface area contributed by atoms with Gasteiger partial charge in [-0.2, -0.15) is 10.2 Å². The van der Waals surface area contributed by atoms with Gasteiger partial charge in [-0.3, -0.25) is 38.9 Å². The van der Waals surface area contributed by atoms with E-state index in [1.807, 2.05) is 48.9 Å². The lowest BCUT2D eigenvalue weighted by Gasteiger charge is -2.39. The summed E-state index contributed by atoms with van der Waals surface area (Å²) in [6, 6.07) is 11.8. The van der Waals surface area contributed by atoms with E-state index in [9.17, 15) is 14.4 Å². The molecule has 8 rings (SSSR count). The summed E-state index contributed by atoms with van der Waals surface area (Å²) in [5.74, 6) is 0.506. The molecule has 2 aliphatic heterocycles. The predicted octanol–water partition coefficient (Wildman–Crippen LogP) is 5.19. The highest BCUT2D eigenvalue weighted by Crippen LogP contribution is 2.37. The fraction of sp³-hybridized carbons (Fsp3) is 0.436. The standard InChI is InChI=1S/C39H45N9O4/c1-24-17-27(21-40-20-24)38(50)41-31-18-28-23-47(44-30(28)19-35(31)52-3)29-9-7-26(8-10-29)22-45-13-15-46(16-14-45)32-5-4-6-33-37(32)25(2)43-48(33)34-11-12-36(49)42-39(34)51/h4-6,17-21,23,26,29,34H,7-16,22H2,1-3H3,(H,41,50)(H,42,49,51). The molecule has 1 unspecified atom stereocenters. The number of carbonyl (C=O) groups is 3. The van der Waals surface area contributed by atoms with Crippen molar-refractivity contribution in [3.63, 3.8) is 0 Å².